The molecule has 1 aliphatic heterocycles. The third-order valence-corrected chi connectivity index (χ3v) is 5.22. The molecule has 3 rings (SSSR count). The predicted molar refractivity (Wildman–Crippen MR) is 92.6 cm³/mol. The van der Waals surface area contributed by atoms with Gasteiger partial charge in [-0.05, 0) is 50.5 Å². The van der Waals surface area contributed by atoms with Gasteiger partial charge in [-0.3, -0.25) is 0 Å². The Bertz CT molecular complexity index is 551. The molecule has 1 aliphatic carbocycles. The molecule has 1 nitrogen and oxygen atoms in total. The molecule has 0 spiro atoms. The molecule has 4 unspecified atom stereocenters. The molecule has 0 N–H and O–H groups in total. The van der Waals surface area contributed by atoms with E-state index in [0.29, 0.717) is 17.8 Å². The number of ether oxygens (including phenoxy) is 1. The van der Waals surface area contributed by atoms with Crippen molar-refractivity contribution in [2.24, 2.45) is 17.8 Å². The highest BCUT2D eigenvalue weighted by Crippen LogP contribution is 2.47. The normalized spacial score (nSPS) is 30.6. The lowest BCUT2D eigenvalue weighted by molar-refractivity contribution is -0.0629. The summed E-state index contributed by atoms with van der Waals surface area (Å²) in [6.45, 7) is 7.64. The highest BCUT2D eigenvalue weighted by molar-refractivity contribution is 5.26. The van der Waals surface area contributed by atoms with Crippen LogP contribution in [0.4, 0.5) is 0 Å². The van der Waals surface area contributed by atoms with Crippen molar-refractivity contribution in [3.8, 4) is 0 Å². The van der Waals surface area contributed by atoms with Crippen LogP contribution in [0.5, 0.6) is 0 Å². The summed E-state index contributed by atoms with van der Waals surface area (Å²) in [6, 6.07) is 10.8. The number of hydrogen-bond donors (Lipinski definition) is 0. The van der Waals surface area contributed by atoms with Crippen molar-refractivity contribution in [3.05, 3.63) is 59.2 Å². The third kappa shape index (κ3) is 3.35. The predicted octanol–water partition coefficient (Wildman–Crippen LogP) is 5.70. The van der Waals surface area contributed by atoms with Crippen molar-refractivity contribution in [3.63, 3.8) is 0 Å². The van der Waals surface area contributed by atoms with Gasteiger partial charge in [0, 0.05) is 5.92 Å². The molecule has 0 saturated carbocycles. The first-order valence-corrected chi connectivity index (χ1v) is 8.65. The van der Waals surface area contributed by atoms with E-state index in [9.17, 15) is 0 Å². The fourth-order valence-corrected chi connectivity index (χ4v) is 3.94. The topological polar surface area (TPSA) is 9.23 Å². The summed E-state index contributed by atoms with van der Waals surface area (Å²) in [6.07, 6.45) is 8.79. The number of benzene rings is 1. The lowest BCUT2D eigenvalue weighted by Crippen LogP contribution is -2.36. The summed E-state index contributed by atoms with van der Waals surface area (Å²) in [5.41, 5.74) is 4.38. The Labute approximate surface area is 135 Å². The first-order chi connectivity index (χ1) is 10.6. The summed E-state index contributed by atoms with van der Waals surface area (Å²) in [5.74, 6) is 1.94. The highest BCUT2D eigenvalue weighted by atomic mass is 16.5. The van der Waals surface area contributed by atoms with E-state index in [2.05, 4.69) is 63.3 Å². The quantitative estimate of drug-likeness (QED) is 0.647. The van der Waals surface area contributed by atoms with Crippen molar-refractivity contribution in [2.45, 2.75) is 46.1 Å². The first-order valence-electron chi connectivity index (χ1n) is 8.65. The average Bonchev–Trinajstić information content (AvgIpc) is 2.53. The van der Waals surface area contributed by atoms with Crippen molar-refractivity contribution >= 4 is 0 Å². The standard InChI is InChI=1S/C21H28O/c1-15(2)8-7-11-18-12-16(3)19-13-20(18)21(22-14-19)17-9-5-4-6-10-17/h4-6,8-10,12,16,19-21H,7,11,13-14H2,1-3H3. The van der Waals surface area contributed by atoms with Crippen LogP contribution in [-0.2, 0) is 4.74 Å². The Hall–Kier alpha value is -1.34. The molecule has 2 bridgehead atoms. The zero-order valence-corrected chi connectivity index (χ0v) is 14.1. The van der Waals surface area contributed by atoms with Gasteiger partial charge in [0.15, 0.2) is 0 Å². The van der Waals surface area contributed by atoms with Crippen LogP contribution in [-0.4, -0.2) is 6.61 Å². The zero-order chi connectivity index (χ0) is 15.5. The van der Waals surface area contributed by atoms with Crippen LogP contribution in [0.2, 0.25) is 0 Å². The third-order valence-electron chi connectivity index (χ3n) is 5.22. The number of fused-ring (bicyclic) bond motifs is 2. The lowest BCUT2D eigenvalue weighted by Gasteiger charge is -2.43. The van der Waals surface area contributed by atoms with E-state index < -0.39 is 0 Å². The number of allylic oxidation sites excluding steroid dienone is 3. The van der Waals surface area contributed by atoms with E-state index in [1.54, 1.807) is 5.57 Å². The maximum absolute atomic E-state index is 6.30. The van der Waals surface area contributed by atoms with Crippen LogP contribution >= 0.6 is 0 Å². The molecule has 118 valence electrons. The fourth-order valence-electron chi connectivity index (χ4n) is 3.94. The summed E-state index contributed by atoms with van der Waals surface area (Å²) in [7, 11) is 0. The summed E-state index contributed by atoms with van der Waals surface area (Å²) in [5, 5.41) is 0. The molecule has 4 atom stereocenters. The largest absolute Gasteiger partial charge is 0.373 e. The van der Waals surface area contributed by atoms with Gasteiger partial charge in [0.2, 0.25) is 0 Å². The summed E-state index contributed by atoms with van der Waals surface area (Å²) in [4.78, 5) is 0. The zero-order valence-electron chi connectivity index (χ0n) is 14.1. The van der Waals surface area contributed by atoms with E-state index in [-0.39, 0.29) is 6.10 Å². The molecular weight excluding hydrogens is 268 g/mol. The smallest absolute Gasteiger partial charge is 0.0890 e. The Morgan fingerprint density at radius 2 is 2.00 bits per heavy atom. The van der Waals surface area contributed by atoms with Crippen LogP contribution in [0.1, 0.15) is 51.7 Å². The van der Waals surface area contributed by atoms with Crippen molar-refractivity contribution in [1.82, 2.24) is 0 Å². The molecule has 1 heterocycles. The molecule has 0 aromatic heterocycles. The molecule has 1 saturated heterocycles. The minimum Gasteiger partial charge on any atom is -0.373 e. The van der Waals surface area contributed by atoms with E-state index in [1.165, 1.54) is 24.0 Å². The molecule has 1 aromatic rings. The number of hydrogen-bond acceptors (Lipinski definition) is 1. The first kappa shape index (κ1) is 15.6. The van der Waals surface area contributed by atoms with Crippen LogP contribution in [0.15, 0.2) is 53.6 Å². The van der Waals surface area contributed by atoms with E-state index in [0.717, 1.165) is 13.0 Å². The summed E-state index contributed by atoms with van der Waals surface area (Å²) < 4.78 is 6.30. The summed E-state index contributed by atoms with van der Waals surface area (Å²) >= 11 is 0. The van der Waals surface area contributed by atoms with Crippen LogP contribution in [0.3, 0.4) is 0 Å². The van der Waals surface area contributed by atoms with Gasteiger partial charge >= 0.3 is 0 Å². The number of rotatable bonds is 4. The molecule has 0 radical (unpaired) electrons. The van der Waals surface area contributed by atoms with Gasteiger partial charge in [-0.1, -0.05) is 60.6 Å². The van der Waals surface area contributed by atoms with Gasteiger partial charge in [-0.15, -0.1) is 0 Å². The van der Waals surface area contributed by atoms with Gasteiger partial charge < -0.3 is 4.74 Å². The Morgan fingerprint density at radius 1 is 1.23 bits per heavy atom. The second-order valence-electron chi connectivity index (χ2n) is 7.19. The maximum atomic E-state index is 6.30. The Morgan fingerprint density at radius 3 is 2.73 bits per heavy atom. The van der Waals surface area contributed by atoms with Crippen molar-refractivity contribution in [1.29, 1.82) is 0 Å². The average molecular weight is 296 g/mol. The molecule has 1 aromatic carbocycles. The van der Waals surface area contributed by atoms with E-state index in [1.807, 2.05) is 0 Å². The Kier molecular flexibility index (Phi) is 4.83. The highest BCUT2D eigenvalue weighted by Gasteiger charge is 2.39. The maximum Gasteiger partial charge on any atom is 0.0890 e. The fraction of sp³-hybridized carbons (Fsp3) is 0.524. The SMILES string of the molecule is CC(C)=CCCC1=CC(C)C2COC(c3ccccc3)C1C2. The van der Waals surface area contributed by atoms with Gasteiger partial charge in [-0.25, -0.2) is 0 Å². The second kappa shape index (κ2) is 6.83. The van der Waals surface area contributed by atoms with E-state index in [4.69, 9.17) is 4.74 Å². The molecular formula is C21H28O. The molecule has 22 heavy (non-hydrogen) atoms. The molecule has 0 amide bonds. The minimum absolute atomic E-state index is 0.253. The van der Waals surface area contributed by atoms with Gasteiger partial charge in [0.25, 0.3) is 0 Å². The van der Waals surface area contributed by atoms with Gasteiger partial charge in [0.05, 0.1) is 12.7 Å². The van der Waals surface area contributed by atoms with Crippen LogP contribution < -0.4 is 0 Å². The monoisotopic (exact) mass is 296 g/mol. The van der Waals surface area contributed by atoms with Crippen molar-refractivity contribution in [2.75, 3.05) is 6.61 Å². The Balaban J connectivity index is 1.81. The molecule has 2 aliphatic rings. The second-order valence-corrected chi connectivity index (χ2v) is 7.19. The molecule has 1 fully saturated rings. The van der Waals surface area contributed by atoms with Gasteiger partial charge in [-0.2, -0.15) is 0 Å². The minimum atomic E-state index is 0.253. The van der Waals surface area contributed by atoms with E-state index >= 15 is 0 Å². The lowest BCUT2D eigenvalue weighted by atomic mass is 9.70. The van der Waals surface area contributed by atoms with Crippen LogP contribution in [0, 0.1) is 17.8 Å². The van der Waals surface area contributed by atoms with Crippen molar-refractivity contribution < 1.29 is 4.74 Å². The van der Waals surface area contributed by atoms with Gasteiger partial charge in [0.1, 0.15) is 0 Å². The molecule has 1 heteroatoms. The van der Waals surface area contributed by atoms with Crippen LogP contribution in [0.25, 0.3) is 0 Å².